The topological polar surface area (TPSA) is 100 Å². The second-order valence-corrected chi connectivity index (χ2v) is 3.92. The molecule has 1 aromatic rings. The molecule has 0 saturated carbocycles. The molecule has 5 heteroatoms. The van der Waals surface area contributed by atoms with E-state index in [4.69, 9.17) is 10.5 Å². The summed E-state index contributed by atoms with van der Waals surface area (Å²) in [5.41, 5.74) is 0.330. The van der Waals surface area contributed by atoms with Crippen LogP contribution in [0.4, 0.5) is 5.69 Å². The number of nitriles is 2. The zero-order valence-electron chi connectivity index (χ0n) is 10.4. The molecule has 0 radical (unpaired) electrons. The predicted octanol–water partition coefficient (Wildman–Crippen LogP) is 2.44. The molecule has 18 heavy (non-hydrogen) atoms. The van der Waals surface area contributed by atoms with Gasteiger partial charge in [0.1, 0.15) is 17.7 Å². The summed E-state index contributed by atoms with van der Waals surface area (Å²) in [7, 11) is 0. The van der Waals surface area contributed by atoms with Crippen LogP contribution in [0, 0.1) is 22.7 Å². The van der Waals surface area contributed by atoms with Crippen LogP contribution in [-0.2, 0) is 0 Å². The number of phenols is 2. The third-order valence-electron chi connectivity index (χ3n) is 2.85. The summed E-state index contributed by atoms with van der Waals surface area (Å²) in [5, 5.41) is 40.2. The summed E-state index contributed by atoms with van der Waals surface area (Å²) in [4.78, 5) is 0. The van der Waals surface area contributed by atoms with E-state index in [0.717, 1.165) is 18.9 Å². The lowest BCUT2D eigenvalue weighted by molar-refractivity contribution is 0.402. The highest BCUT2D eigenvalue weighted by Gasteiger charge is 2.19. The fourth-order valence-electron chi connectivity index (χ4n) is 1.70. The molecule has 5 nitrogen and oxygen atoms in total. The van der Waals surface area contributed by atoms with Gasteiger partial charge in [0.05, 0.1) is 11.3 Å². The van der Waals surface area contributed by atoms with Crippen LogP contribution < -0.4 is 5.32 Å². The van der Waals surface area contributed by atoms with Crippen molar-refractivity contribution in [2.24, 2.45) is 0 Å². The van der Waals surface area contributed by atoms with Gasteiger partial charge in [0.15, 0.2) is 11.5 Å². The van der Waals surface area contributed by atoms with Crippen molar-refractivity contribution in [3.63, 3.8) is 0 Å². The number of aromatic hydroxyl groups is 2. The minimum absolute atomic E-state index is 0.0987. The van der Waals surface area contributed by atoms with E-state index in [1.807, 2.05) is 26.0 Å². The molecule has 0 aliphatic heterocycles. The van der Waals surface area contributed by atoms with Gasteiger partial charge in [-0.25, -0.2) is 0 Å². The van der Waals surface area contributed by atoms with Crippen molar-refractivity contribution in [3.8, 4) is 23.6 Å². The molecule has 0 spiro atoms. The number of hydrogen-bond donors (Lipinski definition) is 3. The van der Waals surface area contributed by atoms with Crippen LogP contribution in [0.25, 0.3) is 0 Å². The highest BCUT2D eigenvalue weighted by Crippen LogP contribution is 2.37. The average molecular weight is 245 g/mol. The van der Waals surface area contributed by atoms with Gasteiger partial charge in [-0.05, 0) is 12.8 Å². The first-order valence-electron chi connectivity index (χ1n) is 5.74. The molecule has 1 rings (SSSR count). The molecule has 0 aliphatic carbocycles. The lowest BCUT2D eigenvalue weighted by Gasteiger charge is -2.19. The quantitative estimate of drug-likeness (QED) is 0.558. The number of anilines is 1. The number of nitrogens with zero attached hydrogens (tertiary/aromatic N) is 2. The second-order valence-electron chi connectivity index (χ2n) is 3.92. The largest absolute Gasteiger partial charge is 0.504 e. The molecule has 0 fully saturated rings. The molecule has 0 saturated heterocycles. The van der Waals surface area contributed by atoms with Crippen molar-refractivity contribution in [1.82, 2.24) is 0 Å². The average Bonchev–Trinajstić information content (AvgIpc) is 2.39. The summed E-state index contributed by atoms with van der Waals surface area (Å²) in [6, 6.07) is 4.97. The number of phenolic OH excluding ortho intramolecular Hbond substituents is 2. The molecular weight excluding hydrogens is 230 g/mol. The van der Waals surface area contributed by atoms with Crippen LogP contribution in [0.3, 0.4) is 0 Å². The van der Waals surface area contributed by atoms with Gasteiger partial charge in [0.25, 0.3) is 0 Å². The van der Waals surface area contributed by atoms with E-state index in [9.17, 15) is 10.2 Å². The van der Waals surface area contributed by atoms with Crippen molar-refractivity contribution in [3.05, 3.63) is 17.2 Å². The van der Waals surface area contributed by atoms with E-state index < -0.39 is 11.5 Å². The normalized spacial score (nSPS) is 9.83. The van der Waals surface area contributed by atoms with E-state index >= 15 is 0 Å². The molecule has 0 atom stereocenters. The maximum Gasteiger partial charge on any atom is 0.177 e. The van der Waals surface area contributed by atoms with Gasteiger partial charge < -0.3 is 15.5 Å². The van der Waals surface area contributed by atoms with Gasteiger partial charge in [0, 0.05) is 12.1 Å². The maximum atomic E-state index is 9.63. The molecule has 0 aliphatic rings. The number of benzene rings is 1. The van der Waals surface area contributed by atoms with E-state index in [1.54, 1.807) is 0 Å². The van der Waals surface area contributed by atoms with Gasteiger partial charge in [-0.3, -0.25) is 0 Å². The zero-order valence-corrected chi connectivity index (χ0v) is 10.4. The lowest BCUT2D eigenvalue weighted by Crippen LogP contribution is -2.18. The van der Waals surface area contributed by atoms with Crippen molar-refractivity contribution < 1.29 is 10.2 Å². The highest BCUT2D eigenvalue weighted by atomic mass is 16.3. The van der Waals surface area contributed by atoms with Gasteiger partial charge in [-0.15, -0.1) is 0 Å². The summed E-state index contributed by atoms with van der Waals surface area (Å²) < 4.78 is 0. The molecule has 94 valence electrons. The van der Waals surface area contributed by atoms with E-state index in [0.29, 0.717) is 0 Å². The van der Waals surface area contributed by atoms with Crippen molar-refractivity contribution in [2.75, 3.05) is 5.32 Å². The Bertz CT molecular complexity index is 523. The Kier molecular flexibility index (Phi) is 4.39. The Hall–Kier alpha value is -2.40. The summed E-state index contributed by atoms with van der Waals surface area (Å²) in [6.07, 6.45) is 1.65. The molecule has 0 unspecified atom stereocenters. The number of rotatable bonds is 4. The van der Waals surface area contributed by atoms with Crippen LogP contribution in [0.15, 0.2) is 6.07 Å². The van der Waals surface area contributed by atoms with Gasteiger partial charge >= 0.3 is 0 Å². The van der Waals surface area contributed by atoms with Crippen LogP contribution in [-0.4, -0.2) is 16.3 Å². The lowest BCUT2D eigenvalue weighted by atomic mass is 10.0. The monoisotopic (exact) mass is 245 g/mol. The van der Waals surface area contributed by atoms with E-state index in [-0.39, 0.29) is 22.9 Å². The standard InChI is InChI=1S/C13H15N3O2/c1-3-9(4-2)16-12-8(6-14)5-11(17)13(18)10(12)7-15/h5,9,16-18H,3-4H2,1-2H3. The second kappa shape index (κ2) is 5.79. The molecule has 0 heterocycles. The Labute approximate surface area is 106 Å². The smallest absolute Gasteiger partial charge is 0.177 e. The van der Waals surface area contributed by atoms with Gasteiger partial charge in [-0.2, -0.15) is 10.5 Å². The molecule has 3 N–H and O–H groups in total. The van der Waals surface area contributed by atoms with Crippen LogP contribution in [0.1, 0.15) is 37.8 Å². The first-order chi connectivity index (χ1) is 8.58. The number of nitrogens with one attached hydrogen (secondary N) is 1. The van der Waals surface area contributed by atoms with Crippen LogP contribution in [0.5, 0.6) is 11.5 Å². The van der Waals surface area contributed by atoms with Crippen molar-refractivity contribution >= 4 is 5.69 Å². The third kappa shape index (κ3) is 2.46. The zero-order chi connectivity index (χ0) is 13.7. The third-order valence-corrected chi connectivity index (χ3v) is 2.85. The van der Waals surface area contributed by atoms with Crippen molar-refractivity contribution in [2.45, 2.75) is 32.7 Å². The van der Waals surface area contributed by atoms with Crippen molar-refractivity contribution in [1.29, 1.82) is 10.5 Å². The minimum Gasteiger partial charge on any atom is -0.504 e. The molecule has 0 aromatic heterocycles. The summed E-state index contributed by atoms with van der Waals surface area (Å²) in [6.45, 7) is 3.97. The Morgan fingerprint density at radius 3 is 2.28 bits per heavy atom. The first kappa shape index (κ1) is 13.7. The summed E-state index contributed by atoms with van der Waals surface area (Å²) in [5.74, 6) is -0.955. The van der Waals surface area contributed by atoms with E-state index in [1.165, 1.54) is 0 Å². The fourth-order valence-corrected chi connectivity index (χ4v) is 1.70. The minimum atomic E-state index is -0.495. The van der Waals surface area contributed by atoms with Crippen LogP contribution in [0.2, 0.25) is 0 Å². The molecule has 0 bridgehead atoms. The van der Waals surface area contributed by atoms with Gasteiger partial charge in [-0.1, -0.05) is 13.8 Å². The molecule has 1 aromatic carbocycles. The molecular formula is C13H15N3O2. The molecule has 0 amide bonds. The maximum absolute atomic E-state index is 9.63. The first-order valence-corrected chi connectivity index (χ1v) is 5.74. The fraction of sp³-hybridized carbons (Fsp3) is 0.385. The van der Waals surface area contributed by atoms with Crippen LogP contribution >= 0.6 is 0 Å². The predicted molar refractivity (Wildman–Crippen MR) is 67.2 cm³/mol. The Balaban J connectivity index is 3.37. The highest BCUT2D eigenvalue weighted by molar-refractivity contribution is 5.74. The Morgan fingerprint density at radius 2 is 1.83 bits per heavy atom. The van der Waals surface area contributed by atoms with Gasteiger partial charge in [0.2, 0.25) is 0 Å². The van der Waals surface area contributed by atoms with E-state index in [2.05, 4.69) is 5.32 Å². The number of hydrogen-bond acceptors (Lipinski definition) is 5. The SMILES string of the molecule is CCC(CC)Nc1c(C#N)cc(O)c(O)c1C#N. The summed E-state index contributed by atoms with van der Waals surface area (Å²) >= 11 is 0. The Morgan fingerprint density at radius 1 is 1.22 bits per heavy atom.